The van der Waals surface area contributed by atoms with Crippen LogP contribution in [0, 0.1) is 0 Å². The van der Waals surface area contributed by atoms with E-state index in [0.29, 0.717) is 5.88 Å². The maximum atomic E-state index is 9.98. The van der Waals surface area contributed by atoms with Gasteiger partial charge in [0.1, 0.15) is 0 Å². The number of rotatable bonds is 6. The first-order valence-electron chi connectivity index (χ1n) is 3.73. The Labute approximate surface area is 71.9 Å². The highest BCUT2D eigenvalue weighted by Gasteiger charge is 1.86. The van der Waals surface area contributed by atoms with Crippen molar-refractivity contribution in [2.75, 3.05) is 5.88 Å². The van der Waals surface area contributed by atoms with Gasteiger partial charge < -0.3 is 5.11 Å². The molecule has 0 spiro atoms. The van der Waals surface area contributed by atoms with Crippen LogP contribution in [-0.2, 0) is 4.79 Å². The Bertz CT molecular complexity index is 132. The molecule has 0 aliphatic heterocycles. The first-order chi connectivity index (χ1) is 5.27. The molecule has 11 heavy (non-hydrogen) atoms. The van der Waals surface area contributed by atoms with Crippen LogP contribution in [0.4, 0.5) is 0 Å². The van der Waals surface area contributed by atoms with Gasteiger partial charge in [-0.3, -0.25) is 0 Å². The monoisotopic (exact) mass is 176 g/mol. The molecule has 0 aromatic carbocycles. The van der Waals surface area contributed by atoms with E-state index in [2.05, 4.69) is 0 Å². The van der Waals surface area contributed by atoms with Crippen molar-refractivity contribution < 1.29 is 9.90 Å². The first kappa shape index (κ1) is 10.5. The molecule has 0 unspecified atom stereocenters. The summed E-state index contributed by atoms with van der Waals surface area (Å²) in [6, 6.07) is 0. The molecule has 3 heteroatoms. The summed E-state index contributed by atoms with van der Waals surface area (Å²) in [6.45, 7) is 0. The van der Waals surface area contributed by atoms with Gasteiger partial charge in [0.05, 0.1) is 0 Å². The maximum absolute atomic E-state index is 9.98. The Hall–Kier alpha value is -0.500. The van der Waals surface area contributed by atoms with E-state index in [1.165, 1.54) is 6.08 Å². The summed E-state index contributed by atoms with van der Waals surface area (Å²) in [5.41, 5.74) is 0. The lowest BCUT2D eigenvalue weighted by Gasteiger charge is -1.91. The van der Waals surface area contributed by atoms with Crippen molar-refractivity contribution in [3.8, 4) is 0 Å². The molecule has 0 aromatic rings. The predicted molar refractivity (Wildman–Crippen MR) is 46.0 cm³/mol. The molecule has 0 aromatic heterocycles. The fourth-order valence-electron chi connectivity index (χ4n) is 0.718. The van der Waals surface area contributed by atoms with Crippen molar-refractivity contribution in [3.05, 3.63) is 12.2 Å². The number of carboxylic acid groups (broad SMARTS) is 1. The quantitative estimate of drug-likeness (QED) is 0.384. The summed E-state index contributed by atoms with van der Waals surface area (Å²) in [4.78, 5) is 9.98. The number of unbranched alkanes of at least 4 members (excludes halogenated alkanes) is 3. The topological polar surface area (TPSA) is 37.3 Å². The standard InChI is InChI=1S/C8H13ClO2/c9-7-5-3-1-2-4-6-8(10)11/h4,6H,1-3,5,7H2,(H,10,11)/b6-4+. The third-order valence-corrected chi connectivity index (χ3v) is 1.53. The molecule has 0 bridgehead atoms. The van der Waals surface area contributed by atoms with E-state index in [0.717, 1.165) is 25.7 Å². The van der Waals surface area contributed by atoms with Crippen LogP contribution in [0.3, 0.4) is 0 Å². The minimum absolute atomic E-state index is 0.697. The van der Waals surface area contributed by atoms with Gasteiger partial charge in [-0.15, -0.1) is 11.6 Å². The van der Waals surface area contributed by atoms with Crippen molar-refractivity contribution in [2.24, 2.45) is 0 Å². The van der Waals surface area contributed by atoms with Crippen molar-refractivity contribution in [1.82, 2.24) is 0 Å². The smallest absolute Gasteiger partial charge is 0.327 e. The van der Waals surface area contributed by atoms with Gasteiger partial charge in [-0.2, -0.15) is 0 Å². The van der Waals surface area contributed by atoms with Gasteiger partial charge in [0.15, 0.2) is 0 Å². The number of halogens is 1. The van der Waals surface area contributed by atoms with Crippen molar-refractivity contribution in [3.63, 3.8) is 0 Å². The Morgan fingerprint density at radius 2 is 2.09 bits per heavy atom. The predicted octanol–water partition coefficient (Wildman–Crippen LogP) is 2.43. The fraction of sp³-hybridized carbons (Fsp3) is 0.625. The lowest BCUT2D eigenvalue weighted by atomic mass is 10.2. The minimum Gasteiger partial charge on any atom is -0.478 e. The lowest BCUT2D eigenvalue weighted by Crippen LogP contribution is -1.85. The Balaban J connectivity index is 3.07. The zero-order valence-electron chi connectivity index (χ0n) is 6.42. The van der Waals surface area contributed by atoms with Crippen LogP contribution >= 0.6 is 11.6 Å². The molecule has 64 valence electrons. The summed E-state index contributed by atoms with van der Waals surface area (Å²) >= 11 is 5.45. The number of allylic oxidation sites excluding steroid dienone is 1. The van der Waals surface area contributed by atoms with Gasteiger partial charge in [0.25, 0.3) is 0 Å². The van der Waals surface area contributed by atoms with Gasteiger partial charge in [-0.05, 0) is 19.3 Å². The van der Waals surface area contributed by atoms with E-state index in [4.69, 9.17) is 16.7 Å². The Morgan fingerprint density at radius 1 is 1.36 bits per heavy atom. The highest BCUT2D eigenvalue weighted by Crippen LogP contribution is 2.01. The van der Waals surface area contributed by atoms with Crippen LogP contribution in [0.1, 0.15) is 25.7 Å². The molecule has 0 atom stereocenters. The number of carboxylic acids is 1. The van der Waals surface area contributed by atoms with Crippen LogP contribution in [0.15, 0.2) is 12.2 Å². The molecule has 0 heterocycles. The van der Waals surface area contributed by atoms with Crippen molar-refractivity contribution in [1.29, 1.82) is 0 Å². The van der Waals surface area contributed by atoms with Gasteiger partial charge in [0, 0.05) is 12.0 Å². The molecule has 0 aliphatic carbocycles. The molecule has 0 rings (SSSR count). The van der Waals surface area contributed by atoms with Crippen LogP contribution in [-0.4, -0.2) is 17.0 Å². The summed E-state index contributed by atoms with van der Waals surface area (Å²) in [6.07, 6.45) is 6.81. The van der Waals surface area contributed by atoms with Gasteiger partial charge in [-0.1, -0.05) is 12.5 Å². The third-order valence-electron chi connectivity index (χ3n) is 1.26. The van der Waals surface area contributed by atoms with Crippen LogP contribution in [0.5, 0.6) is 0 Å². The average molecular weight is 177 g/mol. The molecular weight excluding hydrogens is 164 g/mol. The molecular formula is C8H13ClO2. The molecule has 0 saturated carbocycles. The molecule has 0 radical (unpaired) electrons. The maximum Gasteiger partial charge on any atom is 0.327 e. The summed E-state index contributed by atoms with van der Waals surface area (Å²) in [7, 11) is 0. The normalized spacial score (nSPS) is 10.6. The van der Waals surface area contributed by atoms with E-state index in [-0.39, 0.29) is 0 Å². The van der Waals surface area contributed by atoms with E-state index in [1.54, 1.807) is 6.08 Å². The van der Waals surface area contributed by atoms with Crippen LogP contribution < -0.4 is 0 Å². The molecule has 2 nitrogen and oxygen atoms in total. The zero-order chi connectivity index (χ0) is 8.53. The fourth-order valence-corrected chi connectivity index (χ4v) is 0.907. The average Bonchev–Trinajstić information content (AvgIpc) is 1.96. The van der Waals surface area contributed by atoms with Gasteiger partial charge in [-0.25, -0.2) is 4.79 Å². The number of alkyl halides is 1. The second-order valence-corrected chi connectivity index (χ2v) is 2.66. The van der Waals surface area contributed by atoms with Crippen LogP contribution in [0.25, 0.3) is 0 Å². The van der Waals surface area contributed by atoms with Crippen LogP contribution in [0.2, 0.25) is 0 Å². The minimum atomic E-state index is -0.873. The lowest BCUT2D eigenvalue weighted by molar-refractivity contribution is -0.131. The molecule has 0 amide bonds. The van der Waals surface area contributed by atoms with E-state index >= 15 is 0 Å². The molecule has 0 aliphatic rings. The second-order valence-electron chi connectivity index (χ2n) is 2.28. The largest absolute Gasteiger partial charge is 0.478 e. The highest BCUT2D eigenvalue weighted by molar-refractivity contribution is 6.17. The third kappa shape index (κ3) is 9.50. The van der Waals surface area contributed by atoms with Crippen molar-refractivity contribution in [2.45, 2.75) is 25.7 Å². The van der Waals surface area contributed by atoms with E-state index < -0.39 is 5.97 Å². The van der Waals surface area contributed by atoms with Gasteiger partial charge in [0.2, 0.25) is 0 Å². The van der Waals surface area contributed by atoms with Gasteiger partial charge >= 0.3 is 5.97 Å². The summed E-state index contributed by atoms with van der Waals surface area (Å²) in [5.74, 6) is -0.176. The highest BCUT2D eigenvalue weighted by atomic mass is 35.5. The summed E-state index contributed by atoms with van der Waals surface area (Å²) < 4.78 is 0. The SMILES string of the molecule is O=C(O)/C=C/CCCCCCl. The number of hydrogen-bond donors (Lipinski definition) is 1. The van der Waals surface area contributed by atoms with E-state index in [1.807, 2.05) is 0 Å². The second kappa shape index (κ2) is 7.61. The zero-order valence-corrected chi connectivity index (χ0v) is 7.18. The van der Waals surface area contributed by atoms with Crippen molar-refractivity contribution >= 4 is 17.6 Å². The number of hydrogen-bond acceptors (Lipinski definition) is 1. The number of aliphatic carboxylic acids is 1. The first-order valence-corrected chi connectivity index (χ1v) is 4.26. The molecule has 1 N–H and O–H groups in total. The summed E-state index contributed by atoms with van der Waals surface area (Å²) in [5, 5.41) is 8.21. The molecule has 0 fully saturated rings. The number of carbonyl (C=O) groups is 1. The van der Waals surface area contributed by atoms with E-state index in [9.17, 15) is 4.79 Å². The Morgan fingerprint density at radius 3 is 2.64 bits per heavy atom. The molecule has 0 saturated heterocycles. The Kier molecular flexibility index (Phi) is 7.26.